The SMILES string of the molecule is Cc1cc(OCCCCCO)ccc1Br. The lowest BCUT2D eigenvalue weighted by molar-refractivity contribution is 0.266. The molecule has 0 fully saturated rings. The third kappa shape index (κ3) is 4.67. The summed E-state index contributed by atoms with van der Waals surface area (Å²) in [6, 6.07) is 5.98. The highest BCUT2D eigenvalue weighted by molar-refractivity contribution is 9.10. The third-order valence-electron chi connectivity index (χ3n) is 2.20. The Hall–Kier alpha value is -0.540. The van der Waals surface area contributed by atoms with Gasteiger partial charge in [-0.3, -0.25) is 0 Å². The van der Waals surface area contributed by atoms with Crippen LogP contribution in [0.5, 0.6) is 5.75 Å². The van der Waals surface area contributed by atoms with Gasteiger partial charge in [-0.1, -0.05) is 15.9 Å². The van der Waals surface area contributed by atoms with Gasteiger partial charge in [0.2, 0.25) is 0 Å². The van der Waals surface area contributed by atoms with Crippen LogP contribution in [-0.2, 0) is 0 Å². The molecule has 0 aliphatic rings. The number of rotatable bonds is 6. The fourth-order valence-corrected chi connectivity index (χ4v) is 1.53. The lowest BCUT2D eigenvalue weighted by Gasteiger charge is -2.07. The molecule has 15 heavy (non-hydrogen) atoms. The summed E-state index contributed by atoms with van der Waals surface area (Å²) in [6.45, 7) is 3.04. The molecule has 0 spiro atoms. The van der Waals surface area contributed by atoms with Crippen LogP contribution in [0.25, 0.3) is 0 Å². The first-order valence-corrected chi connectivity index (χ1v) is 6.03. The van der Waals surface area contributed by atoms with E-state index in [0.717, 1.165) is 36.1 Å². The second-order valence-electron chi connectivity index (χ2n) is 3.54. The van der Waals surface area contributed by atoms with E-state index < -0.39 is 0 Å². The fraction of sp³-hybridized carbons (Fsp3) is 0.500. The van der Waals surface area contributed by atoms with Gasteiger partial charge in [0, 0.05) is 11.1 Å². The first-order valence-electron chi connectivity index (χ1n) is 5.24. The normalized spacial score (nSPS) is 10.3. The van der Waals surface area contributed by atoms with Crippen LogP contribution in [0.3, 0.4) is 0 Å². The molecule has 0 heterocycles. The molecule has 3 heteroatoms. The summed E-state index contributed by atoms with van der Waals surface area (Å²) in [6.07, 6.45) is 2.88. The molecule has 2 nitrogen and oxygen atoms in total. The van der Waals surface area contributed by atoms with Crippen molar-refractivity contribution in [1.82, 2.24) is 0 Å². The fourth-order valence-electron chi connectivity index (χ4n) is 1.29. The van der Waals surface area contributed by atoms with Gasteiger partial charge in [0.15, 0.2) is 0 Å². The van der Waals surface area contributed by atoms with E-state index in [9.17, 15) is 0 Å². The zero-order chi connectivity index (χ0) is 11.1. The van der Waals surface area contributed by atoms with Crippen LogP contribution in [0.15, 0.2) is 22.7 Å². The minimum absolute atomic E-state index is 0.275. The van der Waals surface area contributed by atoms with Crippen LogP contribution in [0.2, 0.25) is 0 Å². The Morgan fingerprint density at radius 3 is 2.73 bits per heavy atom. The number of aliphatic hydroxyl groups excluding tert-OH is 1. The predicted octanol–water partition coefficient (Wildman–Crippen LogP) is 3.30. The van der Waals surface area contributed by atoms with Crippen molar-refractivity contribution in [3.05, 3.63) is 28.2 Å². The number of benzene rings is 1. The molecule has 84 valence electrons. The molecule has 0 aromatic heterocycles. The summed E-state index contributed by atoms with van der Waals surface area (Å²) in [5, 5.41) is 8.60. The van der Waals surface area contributed by atoms with Crippen molar-refractivity contribution in [3.8, 4) is 5.75 Å². The standard InChI is InChI=1S/C12H17BrO2/c1-10-9-11(5-6-12(10)13)15-8-4-2-3-7-14/h5-6,9,14H,2-4,7-8H2,1H3. The molecule has 0 atom stereocenters. The Morgan fingerprint density at radius 2 is 2.07 bits per heavy atom. The Labute approximate surface area is 99.4 Å². The topological polar surface area (TPSA) is 29.5 Å². The maximum atomic E-state index is 8.60. The zero-order valence-corrected chi connectivity index (χ0v) is 10.6. The zero-order valence-electron chi connectivity index (χ0n) is 9.00. The van der Waals surface area contributed by atoms with Crippen molar-refractivity contribution >= 4 is 15.9 Å². The molecule has 1 N–H and O–H groups in total. The van der Waals surface area contributed by atoms with Crippen molar-refractivity contribution in [3.63, 3.8) is 0 Å². The largest absolute Gasteiger partial charge is 0.494 e. The molecule has 1 aromatic carbocycles. The Balaban J connectivity index is 2.28. The summed E-state index contributed by atoms with van der Waals surface area (Å²) >= 11 is 3.45. The number of ether oxygens (including phenoxy) is 1. The average molecular weight is 273 g/mol. The number of hydrogen-bond donors (Lipinski definition) is 1. The van der Waals surface area contributed by atoms with Gasteiger partial charge in [-0.15, -0.1) is 0 Å². The van der Waals surface area contributed by atoms with Crippen LogP contribution >= 0.6 is 15.9 Å². The lowest BCUT2D eigenvalue weighted by atomic mass is 10.2. The van der Waals surface area contributed by atoms with Crippen molar-refractivity contribution in [2.24, 2.45) is 0 Å². The predicted molar refractivity (Wildman–Crippen MR) is 65.3 cm³/mol. The van der Waals surface area contributed by atoms with Crippen LogP contribution in [0, 0.1) is 6.92 Å². The summed E-state index contributed by atoms with van der Waals surface area (Å²) < 4.78 is 6.69. The van der Waals surface area contributed by atoms with E-state index in [1.165, 1.54) is 5.56 Å². The second kappa shape index (κ2) is 6.85. The second-order valence-corrected chi connectivity index (χ2v) is 4.40. The Morgan fingerprint density at radius 1 is 1.27 bits per heavy atom. The smallest absolute Gasteiger partial charge is 0.119 e. The van der Waals surface area contributed by atoms with Crippen LogP contribution in [0.4, 0.5) is 0 Å². The minimum Gasteiger partial charge on any atom is -0.494 e. The van der Waals surface area contributed by atoms with Gasteiger partial charge in [-0.05, 0) is 49.9 Å². The molecule has 0 bridgehead atoms. The maximum Gasteiger partial charge on any atom is 0.119 e. The Kier molecular flexibility index (Phi) is 5.73. The molecule has 0 unspecified atom stereocenters. The van der Waals surface area contributed by atoms with Gasteiger partial charge < -0.3 is 9.84 Å². The highest BCUT2D eigenvalue weighted by Crippen LogP contribution is 2.21. The average Bonchev–Trinajstić information content (AvgIpc) is 2.23. The third-order valence-corrected chi connectivity index (χ3v) is 3.09. The molecule has 1 rings (SSSR count). The van der Waals surface area contributed by atoms with E-state index in [-0.39, 0.29) is 6.61 Å². The summed E-state index contributed by atoms with van der Waals surface area (Å²) in [7, 11) is 0. The molecule has 0 saturated carbocycles. The molecule has 1 aromatic rings. The molecule has 0 aliphatic carbocycles. The van der Waals surface area contributed by atoms with Gasteiger partial charge in [0.25, 0.3) is 0 Å². The van der Waals surface area contributed by atoms with Gasteiger partial charge in [-0.2, -0.15) is 0 Å². The van der Waals surface area contributed by atoms with Crippen LogP contribution in [0.1, 0.15) is 24.8 Å². The monoisotopic (exact) mass is 272 g/mol. The first-order chi connectivity index (χ1) is 7.24. The highest BCUT2D eigenvalue weighted by atomic mass is 79.9. The van der Waals surface area contributed by atoms with E-state index in [0.29, 0.717) is 0 Å². The van der Waals surface area contributed by atoms with Crippen LogP contribution < -0.4 is 4.74 Å². The van der Waals surface area contributed by atoms with Crippen molar-refractivity contribution in [2.45, 2.75) is 26.2 Å². The van der Waals surface area contributed by atoms with Gasteiger partial charge in [0.1, 0.15) is 5.75 Å². The van der Waals surface area contributed by atoms with E-state index in [4.69, 9.17) is 9.84 Å². The molecule has 0 amide bonds. The first kappa shape index (κ1) is 12.5. The van der Waals surface area contributed by atoms with Gasteiger partial charge in [0.05, 0.1) is 6.61 Å². The Bertz CT molecular complexity index is 300. The molecule has 0 radical (unpaired) electrons. The van der Waals surface area contributed by atoms with Crippen molar-refractivity contribution < 1.29 is 9.84 Å². The van der Waals surface area contributed by atoms with Crippen molar-refractivity contribution in [1.29, 1.82) is 0 Å². The summed E-state index contributed by atoms with van der Waals surface area (Å²) in [5.41, 5.74) is 1.18. The number of aliphatic hydroxyl groups is 1. The van der Waals surface area contributed by atoms with E-state index >= 15 is 0 Å². The number of aryl methyl sites for hydroxylation is 1. The summed E-state index contributed by atoms with van der Waals surface area (Å²) in [4.78, 5) is 0. The van der Waals surface area contributed by atoms with Gasteiger partial charge in [-0.25, -0.2) is 0 Å². The quantitative estimate of drug-likeness (QED) is 0.806. The molecule has 0 saturated heterocycles. The van der Waals surface area contributed by atoms with E-state index in [2.05, 4.69) is 15.9 Å². The highest BCUT2D eigenvalue weighted by Gasteiger charge is 1.97. The number of hydrogen-bond acceptors (Lipinski definition) is 2. The lowest BCUT2D eigenvalue weighted by Crippen LogP contribution is -1.98. The summed E-state index contributed by atoms with van der Waals surface area (Å²) in [5.74, 6) is 0.916. The maximum absolute atomic E-state index is 8.60. The minimum atomic E-state index is 0.275. The van der Waals surface area contributed by atoms with E-state index in [1.807, 2.05) is 25.1 Å². The van der Waals surface area contributed by atoms with Gasteiger partial charge >= 0.3 is 0 Å². The molecule has 0 aliphatic heterocycles. The van der Waals surface area contributed by atoms with Crippen molar-refractivity contribution in [2.75, 3.05) is 13.2 Å². The number of halogens is 1. The van der Waals surface area contributed by atoms with Crippen LogP contribution in [-0.4, -0.2) is 18.3 Å². The molecular weight excluding hydrogens is 256 g/mol. The number of unbranched alkanes of at least 4 members (excludes halogenated alkanes) is 2. The van der Waals surface area contributed by atoms with E-state index in [1.54, 1.807) is 0 Å². The molecular formula is C12H17BrO2.